The summed E-state index contributed by atoms with van der Waals surface area (Å²) in [4.78, 5) is 11.4. The molecular weight excluding hydrogens is 259 g/mol. The molecule has 0 radical (unpaired) electrons. The van der Waals surface area contributed by atoms with Gasteiger partial charge in [0.25, 0.3) is 0 Å². The van der Waals surface area contributed by atoms with E-state index in [1.807, 2.05) is 19.1 Å². The maximum absolute atomic E-state index is 13.3. The van der Waals surface area contributed by atoms with Crippen LogP contribution >= 0.6 is 0 Å². The van der Waals surface area contributed by atoms with Crippen LogP contribution in [0.2, 0.25) is 0 Å². The lowest BCUT2D eigenvalue weighted by atomic mass is 10.2. The largest absolute Gasteiger partial charge is 0.393 e. The van der Waals surface area contributed by atoms with Gasteiger partial charge in [0.05, 0.1) is 12.2 Å². The van der Waals surface area contributed by atoms with Gasteiger partial charge in [-0.1, -0.05) is 12.6 Å². The van der Waals surface area contributed by atoms with Gasteiger partial charge in [-0.15, -0.1) is 0 Å². The standard InChI is InChI=1S/C13H15FN6/c1-3-16-11-10(15)12(20-13(14)19-11)18-7-9-8(2)5-4-6-17-9/h3-6H,1,7,15H2,2H3,(H2,16,18,19,20). The monoisotopic (exact) mass is 274 g/mol. The van der Waals surface area contributed by atoms with Gasteiger partial charge in [-0.05, 0) is 24.8 Å². The number of hydrogen-bond acceptors (Lipinski definition) is 6. The Hall–Kier alpha value is -2.70. The molecule has 104 valence electrons. The Kier molecular flexibility index (Phi) is 4.09. The van der Waals surface area contributed by atoms with Crippen LogP contribution in [0.25, 0.3) is 0 Å². The Morgan fingerprint density at radius 2 is 2.15 bits per heavy atom. The summed E-state index contributed by atoms with van der Waals surface area (Å²) < 4.78 is 13.3. The second kappa shape index (κ2) is 5.96. The van der Waals surface area contributed by atoms with Gasteiger partial charge < -0.3 is 16.4 Å². The highest BCUT2D eigenvalue weighted by Crippen LogP contribution is 2.24. The zero-order chi connectivity index (χ0) is 14.5. The Balaban J connectivity index is 2.21. The van der Waals surface area contributed by atoms with Crippen LogP contribution in [-0.4, -0.2) is 15.0 Å². The number of halogens is 1. The van der Waals surface area contributed by atoms with E-state index in [1.165, 1.54) is 6.20 Å². The Morgan fingerprint density at radius 1 is 1.40 bits per heavy atom. The summed E-state index contributed by atoms with van der Waals surface area (Å²) in [5.74, 6) is 0.389. The van der Waals surface area contributed by atoms with Gasteiger partial charge >= 0.3 is 6.08 Å². The third kappa shape index (κ3) is 3.00. The summed E-state index contributed by atoms with van der Waals surface area (Å²) in [5, 5.41) is 5.62. The van der Waals surface area contributed by atoms with Crippen molar-refractivity contribution in [3.05, 3.63) is 48.4 Å². The molecule has 4 N–H and O–H groups in total. The smallest absolute Gasteiger partial charge is 0.312 e. The fraction of sp³-hybridized carbons (Fsp3) is 0.154. The molecule has 0 atom stereocenters. The fourth-order valence-corrected chi connectivity index (χ4v) is 1.65. The lowest BCUT2D eigenvalue weighted by Gasteiger charge is -2.11. The van der Waals surface area contributed by atoms with Crippen LogP contribution in [0.15, 0.2) is 31.1 Å². The first-order valence-corrected chi connectivity index (χ1v) is 5.96. The zero-order valence-electron chi connectivity index (χ0n) is 11.0. The molecule has 0 unspecified atom stereocenters. The molecule has 2 rings (SSSR count). The molecule has 2 aromatic rings. The van der Waals surface area contributed by atoms with Gasteiger partial charge in [-0.2, -0.15) is 14.4 Å². The predicted molar refractivity (Wildman–Crippen MR) is 76.5 cm³/mol. The van der Waals surface area contributed by atoms with Crippen molar-refractivity contribution in [2.75, 3.05) is 16.4 Å². The number of anilines is 3. The molecule has 7 heteroatoms. The number of rotatable bonds is 5. The van der Waals surface area contributed by atoms with Crippen molar-refractivity contribution >= 4 is 17.3 Å². The number of nitrogens with zero attached hydrogens (tertiary/aromatic N) is 3. The molecule has 0 aliphatic rings. The molecule has 0 bridgehead atoms. The fourth-order valence-electron chi connectivity index (χ4n) is 1.65. The highest BCUT2D eigenvalue weighted by Gasteiger charge is 2.11. The van der Waals surface area contributed by atoms with Gasteiger partial charge in [-0.25, -0.2) is 0 Å². The molecule has 0 spiro atoms. The molecule has 0 saturated carbocycles. The lowest BCUT2D eigenvalue weighted by Crippen LogP contribution is -2.11. The molecular formula is C13H15FN6. The van der Waals surface area contributed by atoms with Crippen LogP contribution in [0.5, 0.6) is 0 Å². The van der Waals surface area contributed by atoms with Crippen molar-refractivity contribution in [2.45, 2.75) is 13.5 Å². The van der Waals surface area contributed by atoms with Crippen molar-refractivity contribution in [3.8, 4) is 0 Å². The Morgan fingerprint density at radius 3 is 2.85 bits per heavy atom. The van der Waals surface area contributed by atoms with Crippen molar-refractivity contribution in [3.63, 3.8) is 0 Å². The average Bonchev–Trinajstić information content (AvgIpc) is 2.42. The van der Waals surface area contributed by atoms with E-state index in [0.29, 0.717) is 6.54 Å². The molecule has 20 heavy (non-hydrogen) atoms. The van der Waals surface area contributed by atoms with Crippen LogP contribution < -0.4 is 16.4 Å². The first kappa shape index (κ1) is 13.7. The molecule has 0 aromatic carbocycles. The van der Waals surface area contributed by atoms with Crippen LogP contribution in [0.4, 0.5) is 21.7 Å². The van der Waals surface area contributed by atoms with Crippen LogP contribution in [0, 0.1) is 13.0 Å². The first-order valence-electron chi connectivity index (χ1n) is 5.96. The maximum atomic E-state index is 13.3. The normalized spacial score (nSPS) is 10.1. The minimum atomic E-state index is -0.871. The minimum absolute atomic E-state index is 0.174. The number of hydrogen-bond donors (Lipinski definition) is 3. The first-order chi connectivity index (χ1) is 9.61. The van der Waals surface area contributed by atoms with Crippen molar-refractivity contribution in [1.29, 1.82) is 0 Å². The van der Waals surface area contributed by atoms with Crippen molar-refractivity contribution in [1.82, 2.24) is 15.0 Å². The van der Waals surface area contributed by atoms with Crippen molar-refractivity contribution in [2.24, 2.45) is 0 Å². The van der Waals surface area contributed by atoms with Gasteiger partial charge in [0, 0.05) is 6.20 Å². The molecule has 0 amide bonds. The summed E-state index contributed by atoms with van der Waals surface area (Å²) >= 11 is 0. The summed E-state index contributed by atoms with van der Waals surface area (Å²) in [6.45, 7) is 5.81. The summed E-state index contributed by atoms with van der Waals surface area (Å²) in [5.41, 5.74) is 7.94. The summed E-state index contributed by atoms with van der Waals surface area (Å²) in [7, 11) is 0. The van der Waals surface area contributed by atoms with Crippen molar-refractivity contribution < 1.29 is 4.39 Å². The molecule has 0 aliphatic heterocycles. The highest BCUT2D eigenvalue weighted by molar-refractivity contribution is 5.74. The van der Waals surface area contributed by atoms with E-state index in [0.717, 1.165) is 11.3 Å². The molecule has 0 saturated heterocycles. The number of nitrogen functional groups attached to an aromatic ring is 1. The topological polar surface area (TPSA) is 88.8 Å². The second-order valence-corrected chi connectivity index (χ2v) is 4.07. The van der Waals surface area contributed by atoms with E-state index >= 15 is 0 Å². The third-order valence-corrected chi connectivity index (χ3v) is 2.70. The number of pyridine rings is 1. The summed E-state index contributed by atoms with van der Waals surface area (Å²) in [6, 6.07) is 3.79. The van der Waals surface area contributed by atoms with Crippen LogP contribution in [-0.2, 0) is 6.54 Å². The van der Waals surface area contributed by atoms with E-state index < -0.39 is 6.08 Å². The number of nitrogens with two attached hydrogens (primary N) is 1. The quantitative estimate of drug-likeness (QED) is 0.723. The lowest BCUT2D eigenvalue weighted by molar-refractivity contribution is 0.542. The predicted octanol–water partition coefficient (Wildman–Crippen LogP) is 2.07. The van der Waals surface area contributed by atoms with Gasteiger partial charge in [-0.3, -0.25) is 4.98 Å². The van der Waals surface area contributed by atoms with E-state index in [9.17, 15) is 4.39 Å². The maximum Gasteiger partial charge on any atom is 0.312 e. The molecule has 6 nitrogen and oxygen atoms in total. The van der Waals surface area contributed by atoms with Crippen LogP contribution in [0.3, 0.4) is 0 Å². The average molecular weight is 274 g/mol. The molecule has 0 aliphatic carbocycles. The zero-order valence-corrected chi connectivity index (χ0v) is 11.0. The molecule has 0 fully saturated rings. The number of nitrogens with one attached hydrogen (secondary N) is 2. The van der Waals surface area contributed by atoms with Crippen LogP contribution in [0.1, 0.15) is 11.3 Å². The van der Waals surface area contributed by atoms with Gasteiger partial charge in [0.15, 0.2) is 11.6 Å². The van der Waals surface area contributed by atoms with E-state index in [1.54, 1.807) is 6.20 Å². The van der Waals surface area contributed by atoms with E-state index in [2.05, 4.69) is 32.2 Å². The number of aromatic nitrogens is 3. The third-order valence-electron chi connectivity index (χ3n) is 2.70. The molecule has 2 aromatic heterocycles. The summed E-state index contributed by atoms with van der Waals surface area (Å²) in [6.07, 6.45) is 2.19. The Labute approximate surface area is 116 Å². The minimum Gasteiger partial charge on any atom is -0.393 e. The number of aryl methyl sites for hydroxylation is 1. The molecule has 2 heterocycles. The second-order valence-electron chi connectivity index (χ2n) is 4.07. The van der Waals surface area contributed by atoms with E-state index in [-0.39, 0.29) is 17.3 Å². The van der Waals surface area contributed by atoms with E-state index in [4.69, 9.17) is 5.73 Å². The highest BCUT2D eigenvalue weighted by atomic mass is 19.1. The SMILES string of the molecule is C=CNc1nc(F)nc(NCc2ncccc2C)c1N. The van der Waals surface area contributed by atoms with Gasteiger partial charge in [0.2, 0.25) is 0 Å². The van der Waals surface area contributed by atoms with Gasteiger partial charge in [0.1, 0.15) is 5.69 Å². The Bertz CT molecular complexity index is 628.